The molecular formula is C14H21BrN2O2. The molecule has 3 N–H and O–H groups in total. The fourth-order valence-electron chi connectivity index (χ4n) is 1.61. The molecule has 1 aromatic carbocycles. The van der Waals surface area contributed by atoms with Gasteiger partial charge >= 0.3 is 0 Å². The molecule has 0 spiro atoms. The normalized spacial score (nSPS) is 12.2. The van der Waals surface area contributed by atoms with Crippen LogP contribution in [0.25, 0.3) is 0 Å². The third-order valence-corrected chi connectivity index (χ3v) is 3.30. The van der Waals surface area contributed by atoms with Gasteiger partial charge in [0.15, 0.2) is 0 Å². The predicted molar refractivity (Wildman–Crippen MR) is 81.1 cm³/mol. The zero-order valence-corrected chi connectivity index (χ0v) is 12.7. The molecule has 0 fully saturated rings. The van der Waals surface area contributed by atoms with Crippen LogP contribution in [0.3, 0.4) is 0 Å². The molecule has 1 unspecified atom stereocenters. The highest BCUT2D eigenvalue weighted by atomic mass is 79.9. The van der Waals surface area contributed by atoms with Crippen molar-refractivity contribution >= 4 is 27.5 Å². The van der Waals surface area contributed by atoms with E-state index in [0.29, 0.717) is 12.5 Å². The summed E-state index contributed by atoms with van der Waals surface area (Å²) in [5.74, 6) is 0.288. The van der Waals surface area contributed by atoms with E-state index in [4.69, 9.17) is 5.11 Å². The second-order valence-electron chi connectivity index (χ2n) is 4.66. The van der Waals surface area contributed by atoms with Crippen LogP contribution < -0.4 is 10.6 Å². The van der Waals surface area contributed by atoms with Crippen molar-refractivity contribution in [2.24, 2.45) is 5.92 Å². The number of rotatable bonds is 8. The summed E-state index contributed by atoms with van der Waals surface area (Å²) in [6.45, 7) is 3.34. The van der Waals surface area contributed by atoms with Gasteiger partial charge in [-0.15, -0.1) is 0 Å². The summed E-state index contributed by atoms with van der Waals surface area (Å²) in [4.78, 5) is 11.6. The number of anilines is 1. The van der Waals surface area contributed by atoms with Crippen molar-refractivity contribution in [3.63, 3.8) is 0 Å². The van der Waals surface area contributed by atoms with Crippen molar-refractivity contribution in [2.45, 2.75) is 19.8 Å². The maximum absolute atomic E-state index is 11.6. The number of carbonyl (C=O) groups excluding carboxylic acids is 1. The molecule has 0 radical (unpaired) electrons. The van der Waals surface area contributed by atoms with Crippen LogP contribution in [0.15, 0.2) is 28.7 Å². The van der Waals surface area contributed by atoms with Crippen LogP contribution in [-0.2, 0) is 4.79 Å². The zero-order chi connectivity index (χ0) is 14.1. The van der Waals surface area contributed by atoms with E-state index >= 15 is 0 Å². The van der Waals surface area contributed by atoms with Gasteiger partial charge in [0.05, 0.1) is 6.54 Å². The van der Waals surface area contributed by atoms with E-state index in [1.54, 1.807) is 0 Å². The second-order valence-corrected chi connectivity index (χ2v) is 5.58. The Labute approximate surface area is 122 Å². The van der Waals surface area contributed by atoms with E-state index in [2.05, 4.69) is 26.6 Å². The molecule has 1 amide bonds. The number of halogens is 1. The molecule has 0 aromatic heterocycles. The molecule has 0 saturated carbocycles. The zero-order valence-electron chi connectivity index (χ0n) is 11.2. The number of hydrogen-bond acceptors (Lipinski definition) is 3. The first-order valence-electron chi connectivity index (χ1n) is 6.49. The Balaban J connectivity index is 2.13. The molecule has 106 valence electrons. The molecule has 0 heterocycles. The lowest BCUT2D eigenvalue weighted by atomic mass is 10.1. The number of carbonyl (C=O) groups is 1. The molecule has 0 aliphatic rings. The van der Waals surface area contributed by atoms with Crippen LogP contribution in [0.4, 0.5) is 5.69 Å². The van der Waals surface area contributed by atoms with Crippen LogP contribution in [0.2, 0.25) is 0 Å². The summed E-state index contributed by atoms with van der Waals surface area (Å²) in [6, 6.07) is 7.48. The number of aliphatic hydroxyl groups excluding tert-OH is 1. The van der Waals surface area contributed by atoms with Gasteiger partial charge in [0.25, 0.3) is 0 Å². The minimum absolute atomic E-state index is 0.0440. The number of benzene rings is 1. The van der Waals surface area contributed by atoms with E-state index in [9.17, 15) is 4.79 Å². The lowest BCUT2D eigenvalue weighted by Crippen LogP contribution is -2.29. The molecular weight excluding hydrogens is 308 g/mol. The van der Waals surface area contributed by atoms with Crippen molar-refractivity contribution < 1.29 is 9.90 Å². The topological polar surface area (TPSA) is 61.4 Å². The molecule has 19 heavy (non-hydrogen) atoms. The monoisotopic (exact) mass is 328 g/mol. The van der Waals surface area contributed by atoms with E-state index in [1.807, 2.05) is 31.2 Å². The van der Waals surface area contributed by atoms with Gasteiger partial charge in [0.1, 0.15) is 0 Å². The Bertz CT molecular complexity index is 382. The Morgan fingerprint density at radius 2 is 2.05 bits per heavy atom. The van der Waals surface area contributed by atoms with E-state index in [1.165, 1.54) is 0 Å². The van der Waals surface area contributed by atoms with Crippen LogP contribution in [0.5, 0.6) is 0 Å². The molecule has 5 heteroatoms. The van der Waals surface area contributed by atoms with Gasteiger partial charge in [-0.1, -0.05) is 22.9 Å². The Hall–Kier alpha value is -0.910. The average molecular weight is 329 g/mol. The maximum atomic E-state index is 11.6. The lowest BCUT2D eigenvalue weighted by Gasteiger charge is -2.09. The molecule has 1 aromatic rings. The van der Waals surface area contributed by atoms with E-state index in [0.717, 1.165) is 29.5 Å². The lowest BCUT2D eigenvalue weighted by molar-refractivity contribution is -0.115. The number of aliphatic hydroxyl groups is 1. The van der Waals surface area contributed by atoms with Crippen LogP contribution >= 0.6 is 15.9 Å². The highest BCUT2D eigenvalue weighted by Gasteiger charge is 2.02. The molecule has 0 aliphatic heterocycles. The van der Waals surface area contributed by atoms with Crippen LogP contribution in [0, 0.1) is 5.92 Å². The number of nitrogens with one attached hydrogen (secondary N) is 2. The summed E-state index contributed by atoms with van der Waals surface area (Å²) in [5, 5.41) is 14.8. The third-order valence-electron chi connectivity index (χ3n) is 2.78. The van der Waals surface area contributed by atoms with Crippen molar-refractivity contribution in [3.05, 3.63) is 28.7 Å². The highest BCUT2D eigenvalue weighted by molar-refractivity contribution is 9.10. The first kappa shape index (κ1) is 16.1. The standard InChI is InChI=1S/C14H21BrN2O2/c1-11(10-18)3-2-8-16-9-14(19)17-13-6-4-12(15)5-7-13/h4-7,11,16,18H,2-3,8-10H2,1H3,(H,17,19). The highest BCUT2D eigenvalue weighted by Crippen LogP contribution is 2.13. The largest absolute Gasteiger partial charge is 0.396 e. The summed E-state index contributed by atoms with van der Waals surface area (Å²) in [5.41, 5.74) is 0.795. The van der Waals surface area contributed by atoms with Crippen molar-refractivity contribution in [1.82, 2.24) is 5.32 Å². The molecule has 0 bridgehead atoms. The van der Waals surface area contributed by atoms with Gasteiger partial charge in [-0.25, -0.2) is 0 Å². The fourth-order valence-corrected chi connectivity index (χ4v) is 1.87. The predicted octanol–water partition coefficient (Wildman–Crippen LogP) is 2.39. The first-order valence-corrected chi connectivity index (χ1v) is 7.28. The van der Waals surface area contributed by atoms with Gasteiger partial charge in [-0.05, 0) is 49.6 Å². The van der Waals surface area contributed by atoms with Crippen molar-refractivity contribution in [2.75, 3.05) is 25.0 Å². The van der Waals surface area contributed by atoms with Crippen LogP contribution in [-0.4, -0.2) is 30.7 Å². The molecule has 0 aliphatic carbocycles. The molecule has 1 atom stereocenters. The van der Waals surface area contributed by atoms with E-state index in [-0.39, 0.29) is 12.5 Å². The van der Waals surface area contributed by atoms with Gasteiger partial charge in [0, 0.05) is 16.8 Å². The Morgan fingerprint density at radius 1 is 1.37 bits per heavy atom. The van der Waals surface area contributed by atoms with Gasteiger partial charge < -0.3 is 15.7 Å². The second kappa shape index (κ2) is 9.07. The fraction of sp³-hybridized carbons (Fsp3) is 0.500. The minimum atomic E-state index is -0.0440. The number of hydrogen-bond donors (Lipinski definition) is 3. The minimum Gasteiger partial charge on any atom is -0.396 e. The Kier molecular flexibility index (Phi) is 7.70. The summed E-state index contributed by atoms with van der Waals surface area (Å²) in [6.07, 6.45) is 1.94. The Morgan fingerprint density at radius 3 is 2.68 bits per heavy atom. The summed E-state index contributed by atoms with van der Waals surface area (Å²) >= 11 is 3.35. The smallest absolute Gasteiger partial charge is 0.238 e. The molecule has 4 nitrogen and oxygen atoms in total. The van der Waals surface area contributed by atoms with Gasteiger partial charge in [-0.3, -0.25) is 4.79 Å². The first-order chi connectivity index (χ1) is 9.11. The molecule has 1 rings (SSSR count). The third kappa shape index (κ3) is 7.30. The quantitative estimate of drug-likeness (QED) is 0.642. The molecule has 0 saturated heterocycles. The maximum Gasteiger partial charge on any atom is 0.238 e. The van der Waals surface area contributed by atoms with Crippen LogP contribution in [0.1, 0.15) is 19.8 Å². The van der Waals surface area contributed by atoms with Crippen molar-refractivity contribution in [3.8, 4) is 0 Å². The SMILES string of the molecule is CC(CO)CCCNCC(=O)Nc1ccc(Br)cc1. The van der Waals surface area contributed by atoms with E-state index < -0.39 is 0 Å². The van der Waals surface area contributed by atoms with Crippen molar-refractivity contribution in [1.29, 1.82) is 0 Å². The van der Waals surface area contributed by atoms with Gasteiger partial charge in [0.2, 0.25) is 5.91 Å². The average Bonchev–Trinajstić information content (AvgIpc) is 2.40. The number of amides is 1. The summed E-state index contributed by atoms with van der Waals surface area (Å²) in [7, 11) is 0. The summed E-state index contributed by atoms with van der Waals surface area (Å²) < 4.78 is 0.988. The van der Waals surface area contributed by atoms with Gasteiger partial charge in [-0.2, -0.15) is 0 Å².